The van der Waals surface area contributed by atoms with Gasteiger partial charge in [0, 0.05) is 44.5 Å². The highest BCUT2D eigenvalue weighted by atomic mass is 32.1. The number of benzene rings is 2. The highest BCUT2D eigenvalue weighted by molar-refractivity contribution is 7.80. The smallest absolute Gasteiger partial charge is 0.261 e. The Morgan fingerprint density at radius 2 is 1.78 bits per heavy atom. The van der Waals surface area contributed by atoms with Gasteiger partial charge in [-0.1, -0.05) is 18.2 Å². The Bertz CT molecular complexity index is 961. The zero-order valence-corrected chi connectivity index (χ0v) is 19.1. The molecule has 3 rings (SSSR count). The summed E-state index contributed by atoms with van der Waals surface area (Å²) in [7, 11) is 3.63. The van der Waals surface area contributed by atoms with E-state index in [0.29, 0.717) is 48.9 Å². The van der Waals surface area contributed by atoms with Crippen LogP contribution in [0.4, 0.5) is 5.69 Å². The number of carbonyl (C=O) groups excluding carboxylic acids is 2. The number of carbonyl (C=O) groups is 2. The monoisotopic (exact) mass is 456 g/mol. The van der Waals surface area contributed by atoms with Gasteiger partial charge in [-0.25, -0.2) is 0 Å². The topological polar surface area (TPSA) is 83.1 Å². The predicted octanol–water partition coefficient (Wildman–Crippen LogP) is 2.23. The van der Waals surface area contributed by atoms with Crippen LogP contribution in [0.3, 0.4) is 0 Å². The van der Waals surface area contributed by atoms with E-state index in [2.05, 4.69) is 15.5 Å². The van der Waals surface area contributed by atoms with Crippen molar-refractivity contribution in [1.82, 2.24) is 15.1 Å². The molecule has 2 aromatic carbocycles. The van der Waals surface area contributed by atoms with Crippen molar-refractivity contribution in [3.8, 4) is 5.75 Å². The third-order valence-electron chi connectivity index (χ3n) is 5.06. The summed E-state index contributed by atoms with van der Waals surface area (Å²) in [6.07, 6.45) is 0. The second kappa shape index (κ2) is 11.6. The predicted molar refractivity (Wildman–Crippen MR) is 127 cm³/mol. The molecule has 8 nitrogen and oxygen atoms in total. The molecule has 0 spiro atoms. The molecule has 0 aliphatic carbocycles. The Morgan fingerprint density at radius 3 is 2.53 bits per heavy atom. The van der Waals surface area contributed by atoms with Gasteiger partial charge in [0.1, 0.15) is 12.4 Å². The van der Waals surface area contributed by atoms with Crippen LogP contribution in [-0.2, 0) is 4.74 Å². The van der Waals surface area contributed by atoms with E-state index in [0.717, 1.165) is 13.1 Å². The number of thiocarbonyl (C=S) groups is 1. The van der Waals surface area contributed by atoms with E-state index in [9.17, 15) is 9.59 Å². The summed E-state index contributed by atoms with van der Waals surface area (Å²) in [5.74, 6) is 0.0450. The third-order valence-corrected chi connectivity index (χ3v) is 5.27. The minimum atomic E-state index is -0.389. The van der Waals surface area contributed by atoms with Crippen molar-refractivity contribution in [2.45, 2.75) is 0 Å². The van der Waals surface area contributed by atoms with E-state index in [-0.39, 0.29) is 16.9 Å². The fourth-order valence-electron chi connectivity index (χ4n) is 3.27. The van der Waals surface area contributed by atoms with Gasteiger partial charge in [-0.3, -0.25) is 14.9 Å². The number of amides is 2. The average molecular weight is 457 g/mol. The molecule has 0 unspecified atom stereocenters. The first kappa shape index (κ1) is 23.6. The normalized spacial score (nSPS) is 14.0. The summed E-state index contributed by atoms with van der Waals surface area (Å²) in [6.45, 7) is 3.87. The molecular weight excluding hydrogens is 428 g/mol. The maximum absolute atomic E-state index is 12.8. The molecule has 0 bridgehead atoms. The number of ether oxygens (including phenoxy) is 2. The van der Waals surface area contributed by atoms with Crippen molar-refractivity contribution < 1.29 is 19.1 Å². The lowest BCUT2D eigenvalue weighted by Crippen LogP contribution is -2.47. The first-order valence-corrected chi connectivity index (χ1v) is 10.8. The van der Waals surface area contributed by atoms with Crippen LogP contribution in [0.1, 0.15) is 20.7 Å². The van der Waals surface area contributed by atoms with Gasteiger partial charge < -0.3 is 24.6 Å². The number of nitrogens with one attached hydrogen (secondary N) is 2. The van der Waals surface area contributed by atoms with E-state index in [1.807, 2.05) is 11.9 Å². The van der Waals surface area contributed by atoms with Crippen molar-refractivity contribution in [2.75, 3.05) is 58.9 Å². The largest absolute Gasteiger partial charge is 0.490 e. The third kappa shape index (κ3) is 6.49. The lowest BCUT2D eigenvalue weighted by atomic mass is 10.1. The molecule has 1 saturated heterocycles. The van der Waals surface area contributed by atoms with Gasteiger partial charge in [-0.05, 0) is 49.6 Å². The standard InChI is InChI=1S/C23H28N4O4S/c1-26-10-12-27(13-11-26)22(29)17-6-5-7-18(16-17)24-23(32)25-21(28)19-8-3-4-9-20(19)31-15-14-30-2/h3-9,16H,10-15H2,1-2H3,(H2,24,25,28,32). The number of piperazine rings is 1. The van der Waals surface area contributed by atoms with Crippen LogP contribution in [-0.4, -0.2) is 80.3 Å². The molecular formula is C23H28N4O4S. The Morgan fingerprint density at radius 1 is 1.03 bits per heavy atom. The Kier molecular flexibility index (Phi) is 8.55. The van der Waals surface area contributed by atoms with Crippen molar-refractivity contribution in [1.29, 1.82) is 0 Å². The Labute approximate surface area is 193 Å². The Hall–Kier alpha value is -3.01. The van der Waals surface area contributed by atoms with Gasteiger partial charge in [0.25, 0.3) is 11.8 Å². The van der Waals surface area contributed by atoms with E-state index in [1.54, 1.807) is 55.6 Å². The summed E-state index contributed by atoms with van der Waals surface area (Å²) in [4.78, 5) is 29.5. The van der Waals surface area contributed by atoms with Crippen LogP contribution in [0.5, 0.6) is 5.75 Å². The zero-order valence-electron chi connectivity index (χ0n) is 18.3. The number of likely N-dealkylation sites (N-methyl/N-ethyl adjacent to an activating group) is 1. The molecule has 1 fully saturated rings. The zero-order chi connectivity index (χ0) is 22.9. The quantitative estimate of drug-likeness (QED) is 0.488. The van der Waals surface area contributed by atoms with Crippen LogP contribution in [0, 0.1) is 0 Å². The number of anilines is 1. The maximum atomic E-state index is 12.8. The molecule has 9 heteroatoms. The number of rotatable bonds is 7. The second-order valence-electron chi connectivity index (χ2n) is 7.42. The maximum Gasteiger partial charge on any atom is 0.261 e. The summed E-state index contributed by atoms with van der Waals surface area (Å²) in [5, 5.41) is 5.77. The van der Waals surface area contributed by atoms with Gasteiger partial charge in [0.15, 0.2) is 5.11 Å². The first-order valence-electron chi connectivity index (χ1n) is 10.4. The van der Waals surface area contributed by atoms with Gasteiger partial charge in [0.05, 0.1) is 12.2 Å². The summed E-state index contributed by atoms with van der Waals surface area (Å²) in [6, 6.07) is 14.0. The highest BCUT2D eigenvalue weighted by Crippen LogP contribution is 2.18. The molecule has 0 saturated carbocycles. The van der Waals surface area contributed by atoms with Crippen LogP contribution in [0.15, 0.2) is 48.5 Å². The molecule has 32 heavy (non-hydrogen) atoms. The summed E-state index contributed by atoms with van der Waals surface area (Å²) >= 11 is 5.30. The minimum Gasteiger partial charge on any atom is -0.490 e. The van der Waals surface area contributed by atoms with Gasteiger partial charge in [-0.2, -0.15) is 0 Å². The molecule has 2 N–H and O–H groups in total. The number of para-hydroxylation sites is 1. The number of methoxy groups -OCH3 is 1. The summed E-state index contributed by atoms with van der Waals surface area (Å²) < 4.78 is 10.6. The van der Waals surface area contributed by atoms with Crippen LogP contribution in [0.25, 0.3) is 0 Å². The van der Waals surface area contributed by atoms with E-state index < -0.39 is 0 Å². The van der Waals surface area contributed by atoms with Crippen molar-refractivity contribution in [3.05, 3.63) is 59.7 Å². The first-order chi connectivity index (χ1) is 15.5. The van der Waals surface area contributed by atoms with Crippen LogP contribution < -0.4 is 15.4 Å². The summed E-state index contributed by atoms with van der Waals surface area (Å²) in [5.41, 5.74) is 1.57. The molecule has 0 radical (unpaired) electrons. The molecule has 2 amide bonds. The van der Waals surface area contributed by atoms with E-state index in [4.69, 9.17) is 21.7 Å². The molecule has 2 aromatic rings. The highest BCUT2D eigenvalue weighted by Gasteiger charge is 2.20. The fraction of sp³-hybridized carbons (Fsp3) is 0.348. The fourth-order valence-corrected chi connectivity index (χ4v) is 3.48. The molecule has 1 aliphatic rings. The second-order valence-corrected chi connectivity index (χ2v) is 7.83. The van der Waals surface area contributed by atoms with Crippen LogP contribution in [0.2, 0.25) is 0 Å². The van der Waals surface area contributed by atoms with Crippen molar-refractivity contribution >= 4 is 34.8 Å². The van der Waals surface area contributed by atoms with Gasteiger partial charge in [0.2, 0.25) is 0 Å². The molecule has 1 aliphatic heterocycles. The van der Waals surface area contributed by atoms with Crippen molar-refractivity contribution in [3.63, 3.8) is 0 Å². The number of hydrogen-bond donors (Lipinski definition) is 2. The lowest BCUT2D eigenvalue weighted by Gasteiger charge is -2.32. The molecule has 170 valence electrons. The lowest BCUT2D eigenvalue weighted by molar-refractivity contribution is 0.0664. The van der Waals surface area contributed by atoms with E-state index >= 15 is 0 Å². The van der Waals surface area contributed by atoms with Crippen molar-refractivity contribution in [2.24, 2.45) is 0 Å². The van der Waals surface area contributed by atoms with Gasteiger partial charge in [-0.15, -0.1) is 0 Å². The number of hydrogen-bond acceptors (Lipinski definition) is 6. The molecule has 0 aromatic heterocycles. The molecule has 0 atom stereocenters. The SMILES string of the molecule is COCCOc1ccccc1C(=O)NC(=S)Nc1cccc(C(=O)N2CCN(C)CC2)c1. The molecule has 1 heterocycles. The van der Waals surface area contributed by atoms with E-state index in [1.165, 1.54) is 0 Å². The minimum absolute atomic E-state index is 0.0150. The Balaban J connectivity index is 1.60. The number of nitrogens with zero attached hydrogens (tertiary/aromatic N) is 2. The average Bonchev–Trinajstić information content (AvgIpc) is 2.79. The van der Waals surface area contributed by atoms with Gasteiger partial charge >= 0.3 is 0 Å². The van der Waals surface area contributed by atoms with Crippen LogP contribution >= 0.6 is 12.2 Å².